The largest absolute Gasteiger partial charge is 0.493 e. The van der Waals surface area contributed by atoms with E-state index in [9.17, 15) is 9.90 Å². The van der Waals surface area contributed by atoms with E-state index in [1.165, 1.54) is 4.68 Å². The number of H-pyrrole nitrogens is 1. The highest BCUT2D eigenvalue weighted by atomic mass is 16.3. The van der Waals surface area contributed by atoms with Crippen LogP contribution in [0.5, 0.6) is 5.88 Å². The molecule has 1 heterocycles. The van der Waals surface area contributed by atoms with Crippen LogP contribution in [0, 0.1) is 6.92 Å². The van der Waals surface area contributed by atoms with Gasteiger partial charge in [0, 0.05) is 6.54 Å². The molecule has 5 heteroatoms. The second-order valence-electron chi connectivity index (χ2n) is 3.62. The molecule has 5 nitrogen and oxygen atoms in total. The summed E-state index contributed by atoms with van der Waals surface area (Å²) in [6, 6.07) is 7.42. The van der Waals surface area contributed by atoms with E-state index in [2.05, 4.69) is 5.10 Å². The van der Waals surface area contributed by atoms with Gasteiger partial charge in [0.15, 0.2) is 0 Å². The second-order valence-corrected chi connectivity index (χ2v) is 3.62. The van der Waals surface area contributed by atoms with E-state index < -0.39 is 0 Å². The fourth-order valence-electron chi connectivity index (χ4n) is 1.52. The lowest BCUT2D eigenvalue weighted by molar-refractivity contribution is 0.428. The summed E-state index contributed by atoms with van der Waals surface area (Å²) in [5, 5.41) is 12.3. The number of aromatic amines is 1. The van der Waals surface area contributed by atoms with Crippen molar-refractivity contribution in [1.29, 1.82) is 0 Å². The molecule has 0 bridgehead atoms. The zero-order valence-corrected chi connectivity index (χ0v) is 8.90. The van der Waals surface area contributed by atoms with Gasteiger partial charge in [-0.25, -0.2) is 4.68 Å². The fourth-order valence-corrected chi connectivity index (χ4v) is 1.52. The van der Waals surface area contributed by atoms with Crippen LogP contribution in [0.15, 0.2) is 29.1 Å². The third kappa shape index (κ3) is 1.61. The van der Waals surface area contributed by atoms with Crippen molar-refractivity contribution >= 4 is 0 Å². The molecule has 4 N–H and O–H groups in total. The molecule has 0 saturated carbocycles. The lowest BCUT2D eigenvalue weighted by Gasteiger charge is -2.04. The molecule has 0 saturated heterocycles. The number of hydrogen-bond acceptors (Lipinski definition) is 3. The summed E-state index contributed by atoms with van der Waals surface area (Å²) in [5.41, 5.74) is 7.01. The summed E-state index contributed by atoms with van der Waals surface area (Å²) in [6.07, 6.45) is 0. The molecule has 0 fully saturated rings. The van der Waals surface area contributed by atoms with E-state index in [1.807, 2.05) is 31.2 Å². The molecule has 0 atom stereocenters. The molecule has 1 aromatic carbocycles. The van der Waals surface area contributed by atoms with Gasteiger partial charge in [0.25, 0.3) is 5.56 Å². The van der Waals surface area contributed by atoms with Crippen molar-refractivity contribution in [2.24, 2.45) is 5.73 Å². The van der Waals surface area contributed by atoms with E-state index in [-0.39, 0.29) is 23.5 Å². The quantitative estimate of drug-likeness (QED) is 0.693. The van der Waals surface area contributed by atoms with Crippen LogP contribution in [0.4, 0.5) is 0 Å². The fraction of sp³-hybridized carbons (Fsp3) is 0.182. The van der Waals surface area contributed by atoms with Crippen LogP contribution in [0.2, 0.25) is 0 Å². The minimum absolute atomic E-state index is 0.0139. The number of nitrogens with one attached hydrogen (secondary N) is 1. The minimum Gasteiger partial charge on any atom is -0.493 e. The van der Waals surface area contributed by atoms with Gasteiger partial charge in [-0.05, 0) is 19.1 Å². The normalized spacial score (nSPS) is 10.6. The first kappa shape index (κ1) is 10.5. The molecule has 0 unspecified atom stereocenters. The van der Waals surface area contributed by atoms with Gasteiger partial charge >= 0.3 is 0 Å². The molecule has 0 radical (unpaired) electrons. The van der Waals surface area contributed by atoms with E-state index in [0.29, 0.717) is 5.69 Å². The summed E-state index contributed by atoms with van der Waals surface area (Å²) in [7, 11) is 0. The van der Waals surface area contributed by atoms with Crippen molar-refractivity contribution in [2.75, 3.05) is 0 Å². The molecule has 0 aliphatic heterocycles. The zero-order valence-electron chi connectivity index (χ0n) is 8.90. The van der Waals surface area contributed by atoms with Crippen molar-refractivity contribution in [3.05, 3.63) is 45.7 Å². The molecular weight excluding hydrogens is 206 g/mol. The van der Waals surface area contributed by atoms with Crippen molar-refractivity contribution in [2.45, 2.75) is 13.5 Å². The lowest BCUT2D eigenvalue weighted by atomic mass is 10.2. The summed E-state index contributed by atoms with van der Waals surface area (Å²) in [6.45, 7) is 1.98. The number of nitrogens with zero attached hydrogens (tertiary/aromatic N) is 1. The van der Waals surface area contributed by atoms with E-state index >= 15 is 0 Å². The van der Waals surface area contributed by atoms with Crippen LogP contribution < -0.4 is 11.3 Å². The van der Waals surface area contributed by atoms with Gasteiger partial charge in [0.2, 0.25) is 5.88 Å². The van der Waals surface area contributed by atoms with E-state index in [0.717, 1.165) is 5.56 Å². The monoisotopic (exact) mass is 219 g/mol. The number of aryl methyl sites for hydroxylation is 1. The Morgan fingerprint density at radius 2 is 2.00 bits per heavy atom. The van der Waals surface area contributed by atoms with Gasteiger partial charge < -0.3 is 10.8 Å². The molecular formula is C11H13N3O2. The Morgan fingerprint density at radius 1 is 1.38 bits per heavy atom. The van der Waals surface area contributed by atoms with E-state index in [4.69, 9.17) is 5.73 Å². The zero-order chi connectivity index (χ0) is 11.7. The Morgan fingerprint density at radius 3 is 2.50 bits per heavy atom. The molecule has 2 rings (SSSR count). The highest BCUT2D eigenvalue weighted by molar-refractivity contribution is 5.38. The molecule has 0 amide bonds. The van der Waals surface area contributed by atoms with Crippen LogP contribution in [-0.2, 0) is 6.54 Å². The van der Waals surface area contributed by atoms with Crippen LogP contribution in [0.1, 0.15) is 11.1 Å². The first-order chi connectivity index (χ1) is 7.63. The third-order valence-electron chi connectivity index (χ3n) is 2.47. The number of hydrogen-bond donors (Lipinski definition) is 3. The summed E-state index contributed by atoms with van der Waals surface area (Å²) in [4.78, 5) is 11.4. The van der Waals surface area contributed by atoms with E-state index in [1.54, 1.807) is 0 Å². The number of nitrogens with two attached hydrogens (primary N) is 1. The topological polar surface area (TPSA) is 84.0 Å². The Bertz CT molecular complexity index is 552. The predicted molar refractivity (Wildman–Crippen MR) is 60.7 cm³/mol. The van der Waals surface area contributed by atoms with Crippen molar-refractivity contribution in [1.82, 2.24) is 9.78 Å². The predicted octanol–water partition coefficient (Wildman–Crippen LogP) is 0.638. The molecule has 0 spiro atoms. The average Bonchev–Trinajstić information content (AvgIpc) is 2.55. The smallest absolute Gasteiger partial charge is 0.272 e. The molecule has 2 aromatic rings. The SMILES string of the molecule is Cc1ccc(-n2[nH]c(=O)c(CN)c2O)cc1. The number of benzene rings is 1. The molecule has 1 aromatic heterocycles. The lowest BCUT2D eigenvalue weighted by Crippen LogP contribution is -2.10. The van der Waals surface area contributed by atoms with Crippen LogP contribution in [0.25, 0.3) is 5.69 Å². The number of aromatic hydroxyl groups is 1. The summed E-state index contributed by atoms with van der Waals surface area (Å²) in [5.74, 6) is -0.128. The highest BCUT2D eigenvalue weighted by Gasteiger charge is 2.12. The highest BCUT2D eigenvalue weighted by Crippen LogP contribution is 2.17. The Labute approximate surface area is 92.1 Å². The van der Waals surface area contributed by atoms with Crippen molar-refractivity contribution in [3.63, 3.8) is 0 Å². The first-order valence-electron chi connectivity index (χ1n) is 4.93. The van der Waals surface area contributed by atoms with Crippen LogP contribution in [0.3, 0.4) is 0 Å². The summed E-state index contributed by atoms with van der Waals surface area (Å²) < 4.78 is 1.32. The molecule has 16 heavy (non-hydrogen) atoms. The Balaban J connectivity index is 2.56. The maximum absolute atomic E-state index is 11.4. The number of rotatable bonds is 2. The van der Waals surface area contributed by atoms with Gasteiger partial charge in [-0.1, -0.05) is 17.7 Å². The standard InChI is InChI=1S/C11H13N3O2/c1-7-2-4-8(5-3-7)14-11(16)9(6-12)10(15)13-14/h2-5,16H,6,12H2,1H3,(H,13,15). The first-order valence-corrected chi connectivity index (χ1v) is 4.93. The van der Waals surface area contributed by atoms with Gasteiger partial charge in [-0.15, -0.1) is 0 Å². The minimum atomic E-state index is -0.361. The Kier molecular flexibility index (Phi) is 2.54. The van der Waals surface area contributed by atoms with Gasteiger partial charge in [0.1, 0.15) is 0 Å². The average molecular weight is 219 g/mol. The molecule has 84 valence electrons. The van der Waals surface area contributed by atoms with Crippen LogP contribution >= 0.6 is 0 Å². The van der Waals surface area contributed by atoms with Gasteiger partial charge in [-0.2, -0.15) is 0 Å². The molecule has 0 aliphatic rings. The number of aromatic nitrogens is 2. The second kappa shape index (κ2) is 3.86. The van der Waals surface area contributed by atoms with Crippen molar-refractivity contribution < 1.29 is 5.11 Å². The van der Waals surface area contributed by atoms with Crippen molar-refractivity contribution in [3.8, 4) is 11.6 Å². The van der Waals surface area contributed by atoms with Gasteiger partial charge in [-0.3, -0.25) is 9.89 Å². The third-order valence-corrected chi connectivity index (χ3v) is 2.47. The maximum Gasteiger partial charge on any atom is 0.272 e. The van der Waals surface area contributed by atoms with Crippen LogP contribution in [-0.4, -0.2) is 14.9 Å². The Hall–Kier alpha value is -2.01. The maximum atomic E-state index is 11.4. The summed E-state index contributed by atoms with van der Waals surface area (Å²) >= 11 is 0. The molecule has 0 aliphatic carbocycles. The van der Waals surface area contributed by atoms with Gasteiger partial charge in [0.05, 0.1) is 11.3 Å².